The average Bonchev–Trinajstić information content (AvgIpc) is 2.77. The van der Waals surface area contributed by atoms with Gasteiger partial charge in [-0.3, -0.25) is 13.9 Å². The normalized spacial score (nSPS) is 12.2. The lowest BCUT2D eigenvalue weighted by Gasteiger charge is -2.33. The highest BCUT2D eigenvalue weighted by molar-refractivity contribution is 7.92. The molecule has 0 fully saturated rings. The van der Waals surface area contributed by atoms with Crippen molar-refractivity contribution < 1.29 is 22.7 Å². The predicted molar refractivity (Wildman–Crippen MR) is 140 cm³/mol. The van der Waals surface area contributed by atoms with E-state index < -0.39 is 28.5 Å². The molecule has 1 N–H and O–H groups in total. The third-order valence-corrected chi connectivity index (χ3v) is 6.87. The molecule has 35 heavy (non-hydrogen) atoms. The Hall–Kier alpha value is -2.49. The maximum absolute atomic E-state index is 13.6. The summed E-state index contributed by atoms with van der Waals surface area (Å²) in [7, 11) is -2.42. The number of carbonyl (C=O) groups is 2. The molecule has 0 aliphatic carbocycles. The highest BCUT2D eigenvalue weighted by Crippen LogP contribution is 2.30. The van der Waals surface area contributed by atoms with Crippen LogP contribution in [0, 0.1) is 0 Å². The van der Waals surface area contributed by atoms with Gasteiger partial charge < -0.3 is 15.0 Å². The highest BCUT2D eigenvalue weighted by atomic mass is 35.5. The number of sulfonamides is 1. The van der Waals surface area contributed by atoms with Gasteiger partial charge in [-0.25, -0.2) is 8.42 Å². The number of anilines is 1. The fraction of sp³-hybridized carbons (Fsp3) is 0.417. The number of carbonyl (C=O) groups excluding carboxylic acids is 2. The number of methoxy groups -OCH3 is 1. The van der Waals surface area contributed by atoms with Crippen LogP contribution in [0.3, 0.4) is 0 Å². The van der Waals surface area contributed by atoms with Crippen molar-refractivity contribution in [1.82, 2.24) is 10.2 Å². The summed E-state index contributed by atoms with van der Waals surface area (Å²) in [6.07, 6.45) is 1.34. The lowest BCUT2D eigenvalue weighted by Crippen LogP contribution is -2.53. The predicted octanol–water partition coefficient (Wildman–Crippen LogP) is 4.10. The van der Waals surface area contributed by atoms with Gasteiger partial charge in [-0.2, -0.15) is 0 Å². The third kappa shape index (κ3) is 8.02. The van der Waals surface area contributed by atoms with E-state index in [1.54, 1.807) is 31.2 Å². The molecular formula is C24H31Cl2N3O5S. The van der Waals surface area contributed by atoms with Crippen LogP contribution in [-0.4, -0.2) is 57.1 Å². The quantitative estimate of drug-likeness (QED) is 0.460. The molecule has 0 unspecified atom stereocenters. The lowest BCUT2D eigenvalue weighted by atomic mass is 10.1. The van der Waals surface area contributed by atoms with Crippen LogP contribution in [-0.2, 0) is 26.2 Å². The van der Waals surface area contributed by atoms with E-state index in [0.29, 0.717) is 17.2 Å². The standard InChI is InChI=1S/C24H31Cl2N3O5S/c1-6-21(24(31)27-16(2)3)28(14-17-7-9-18(25)10-8-17)23(30)15-29(35(5,32)33)19-11-12-22(34-4)20(26)13-19/h7-13,16,21H,6,14-15H2,1-5H3,(H,27,31)/t21-/m1/s1. The van der Waals surface area contributed by atoms with Crippen molar-refractivity contribution in [3.8, 4) is 5.75 Å². The topological polar surface area (TPSA) is 96.0 Å². The Morgan fingerprint density at radius 2 is 1.71 bits per heavy atom. The summed E-state index contributed by atoms with van der Waals surface area (Å²) in [6, 6.07) is 10.4. The number of halogens is 2. The van der Waals surface area contributed by atoms with Gasteiger partial charge in [0.15, 0.2) is 0 Å². The molecule has 0 saturated carbocycles. The molecule has 2 aromatic carbocycles. The van der Waals surface area contributed by atoms with Crippen LogP contribution in [0.1, 0.15) is 32.8 Å². The fourth-order valence-electron chi connectivity index (χ4n) is 3.51. The van der Waals surface area contributed by atoms with Gasteiger partial charge in [0.25, 0.3) is 0 Å². The first kappa shape index (κ1) is 28.7. The minimum absolute atomic E-state index is 0.0982. The first-order valence-corrected chi connectivity index (χ1v) is 13.6. The number of nitrogens with zero attached hydrogens (tertiary/aromatic N) is 2. The number of hydrogen-bond acceptors (Lipinski definition) is 5. The lowest BCUT2D eigenvalue weighted by molar-refractivity contribution is -0.140. The first-order valence-electron chi connectivity index (χ1n) is 11.0. The molecule has 0 radical (unpaired) electrons. The molecule has 0 heterocycles. The Kier molecular flexibility index (Phi) is 10.2. The van der Waals surface area contributed by atoms with Crippen LogP contribution in [0.5, 0.6) is 5.75 Å². The van der Waals surface area contributed by atoms with Gasteiger partial charge in [0, 0.05) is 17.6 Å². The molecule has 0 aliphatic heterocycles. The maximum Gasteiger partial charge on any atom is 0.244 e. The van der Waals surface area contributed by atoms with Crippen LogP contribution in [0.4, 0.5) is 5.69 Å². The Bertz CT molecular complexity index is 1140. The van der Waals surface area contributed by atoms with Crippen LogP contribution in [0.15, 0.2) is 42.5 Å². The monoisotopic (exact) mass is 543 g/mol. The van der Waals surface area contributed by atoms with E-state index in [1.165, 1.54) is 30.2 Å². The van der Waals surface area contributed by atoms with E-state index in [-0.39, 0.29) is 29.2 Å². The summed E-state index contributed by atoms with van der Waals surface area (Å²) in [5.74, 6) is -0.484. The minimum Gasteiger partial charge on any atom is -0.495 e. The molecule has 0 spiro atoms. The molecule has 0 bridgehead atoms. The van der Waals surface area contributed by atoms with E-state index in [1.807, 2.05) is 13.8 Å². The Morgan fingerprint density at radius 3 is 2.20 bits per heavy atom. The van der Waals surface area contributed by atoms with Gasteiger partial charge in [0.1, 0.15) is 18.3 Å². The average molecular weight is 545 g/mol. The van der Waals surface area contributed by atoms with E-state index >= 15 is 0 Å². The number of ether oxygens (including phenoxy) is 1. The van der Waals surface area contributed by atoms with Crippen molar-refractivity contribution in [3.63, 3.8) is 0 Å². The van der Waals surface area contributed by atoms with Crippen LogP contribution < -0.4 is 14.4 Å². The molecule has 2 amide bonds. The van der Waals surface area contributed by atoms with E-state index in [0.717, 1.165) is 16.1 Å². The van der Waals surface area contributed by atoms with Gasteiger partial charge in [0.05, 0.1) is 24.1 Å². The number of benzene rings is 2. The van der Waals surface area contributed by atoms with E-state index in [4.69, 9.17) is 27.9 Å². The molecule has 11 heteroatoms. The summed E-state index contributed by atoms with van der Waals surface area (Å²) in [6.45, 7) is 5.04. The third-order valence-electron chi connectivity index (χ3n) is 5.19. The Labute approximate surface area is 217 Å². The molecule has 2 rings (SSSR count). The molecule has 2 aromatic rings. The molecule has 0 aromatic heterocycles. The van der Waals surface area contributed by atoms with Crippen molar-refractivity contribution in [2.45, 2.75) is 45.8 Å². The van der Waals surface area contributed by atoms with Crippen molar-refractivity contribution in [2.24, 2.45) is 0 Å². The molecule has 0 aliphatic rings. The second-order valence-corrected chi connectivity index (χ2v) is 11.1. The smallest absolute Gasteiger partial charge is 0.244 e. The maximum atomic E-state index is 13.6. The van der Waals surface area contributed by atoms with Crippen LogP contribution in [0.2, 0.25) is 10.0 Å². The zero-order valence-electron chi connectivity index (χ0n) is 20.4. The summed E-state index contributed by atoms with van der Waals surface area (Å²) in [5, 5.41) is 3.58. The Morgan fingerprint density at radius 1 is 1.09 bits per heavy atom. The molecular weight excluding hydrogens is 513 g/mol. The molecule has 192 valence electrons. The Balaban J connectivity index is 2.45. The van der Waals surface area contributed by atoms with Gasteiger partial charge in [-0.1, -0.05) is 42.3 Å². The minimum atomic E-state index is -3.86. The highest BCUT2D eigenvalue weighted by Gasteiger charge is 2.32. The number of nitrogens with one attached hydrogen (secondary N) is 1. The van der Waals surface area contributed by atoms with Crippen molar-refractivity contribution in [1.29, 1.82) is 0 Å². The second kappa shape index (κ2) is 12.5. The summed E-state index contributed by atoms with van der Waals surface area (Å²) in [4.78, 5) is 27.9. The fourth-order valence-corrected chi connectivity index (χ4v) is 4.73. The van der Waals surface area contributed by atoms with E-state index in [9.17, 15) is 18.0 Å². The summed E-state index contributed by atoms with van der Waals surface area (Å²) < 4.78 is 31.4. The van der Waals surface area contributed by atoms with Crippen molar-refractivity contribution >= 4 is 50.7 Å². The number of amides is 2. The van der Waals surface area contributed by atoms with Gasteiger partial charge >= 0.3 is 0 Å². The van der Waals surface area contributed by atoms with Crippen molar-refractivity contribution in [2.75, 3.05) is 24.2 Å². The first-order chi connectivity index (χ1) is 16.4. The van der Waals surface area contributed by atoms with E-state index in [2.05, 4.69) is 5.32 Å². The summed E-state index contributed by atoms with van der Waals surface area (Å²) >= 11 is 12.2. The largest absolute Gasteiger partial charge is 0.495 e. The van der Waals surface area contributed by atoms with Gasteiger partial charge in [-0.15, -0.1) is 0 Å². The number of hydrogen-bond donors (Lipinski definition) is 1. The van der Waals surface area contributed by atoms with Crippen LogP contribution in [0.25, 0.3) is 0 Å². The molecule has 8 nitrogen and oxygen atoms in total. The van der Waals surface area contributed by atoms with Gasteiger partial charge in [0.2, 0.25) is 21.8 Å². The second-order valence-electron chi connectivity index (χ2n) is 8.32. The van der Waals surface area contributed by atoms with Crippen LogP contribution >= 0.6 is 23.2 Å². The molecule has 1 atom stereocenters. The number of rotatable bonds is 11. The van der Waals surface area contributed by atoms with Gasteiger partial charge in [-0.05, 0) is 56.2 Å². The molecule has 0 saturated heterocycles. The summed E-state index contributed by atoms with van der Waals surface area (Å²) in [5.41, 5.74) is 0.953. The van der Waals surface area contributed by atoms with Crippen molar-refractivity contribution in [3.05, 3.63) is 58.1 Å². The zero-order valence-corrected chi connectivity index (χ0v) is 22.7. The zero-order chi connectivity index (χ0) is 26.3. The SMILES string of the molecule is CC[C@H](C(=O)NC(C)C)N(Cc1ccc(Cl)cc1)C(=O)CN(c1ccc(OC)c(Cl)c1)S(C)(=O)=O.